The van der Waals surface area contributed by atoms with E-state index in [-0.39, 0.29) is 5.92 Å². The Morgan fingerprint density at radius 2 is 2.14 bits per heavy atom. The van der Waals surface area contributed by atoms with Crippen molar-refractivity contribution in [2.75, 3.05) is 0 Å². The molecule has 0 fully saturated rings. The molecule has 2 rings (SSSR count). The SMILES string of the molecule is CC(C)C1Cc2c(Br)cccc2C1=O. The fraction of sp³-hybridized carbons (Fsp3) is 0.417. The molecule has 1 unspecified atom stereocenters. The maximum absolute atomic E-state index is 12.0. The normalized spacial score (nSPS) is 20.3. The van der Waals surface area contributed by atoms with E-state index in [9.17, 15) is 4.79 Å². The van der Waals surface area contributed by atoms with Crippen molar-refractivity contribution in [1.82, 2.24) is 0 Å². The highest BCUT2D eigenvalue weighted by Gasteiger charge is 2.33. The molecule has 74 valence electrons. The van der Waals surface area contributed by atoms with Crippen molar-refractivity contribution in [3.05, 3.63) is 33.8 Å². The van der Waals surface area contributed by atoms with Crippen LogP contribution in [0.15, 0.2) is 22.7 Å². The first-order valence-electron chi connectivity index (χ1n) is 4.93. The van der Waals surface area contributed by atoms with E-state index >= 15 is 0 Å². The number of carbonyl (C=O) groups is 1. The summed E-state index contributed by atoms with van der Waals surface area (Å²) in [4.78, 5) is 12.0. The Bertz CT molecular complexity index is 382. The standard InChI is InChI=1S/C12H13BrO/c1-7(2)9-6-10-8(12(9)14)4-3-5-11(10)13/h3-5,7,9H,6H2,1-2H3. The Balaban J connectivity index is 2.45. The van der Waals surface area contributed by atoms with E-state index in [1.807, 2.05) is 18.2 Å². The number of benzene rings is 1. The van der Waals surface area contributed by atoms with E-state index in [0.29, 0.717) is 11.7 Å². The predicted molar refractivity (Wildman–Crippen MR) is 60.5 cm³/mol. The second-order valence-electron chi connectivity index (χ2n) is 4.18. The number of fused-ring (bicyclic) bond motifs is 1. The highest BCUT2D eigenvalue weighted by Crippen LogP contribution is 2.35. The van der Waals surface area contributed by atoms with Gasteiger partial charge in [-0.05, 0) is 24.0 Å². The maximum atomic E-state index is 12.0. The molecule has 0 spiro atoms. The van der Waals surface area contributed by atoms with Crippen molar-refractivity contribution in [3.8, 4) is 0 Å². The van der Waals surface area contributed by atoms with Crippen LogP contribution in [0.5, 0.6) is 0 Å². The molecule has 0 N–H and O–H groups in total. The van der Waals surface area contributed by atoms with E-state index in [1.165, 1.54) is 5.56 Å². The third kappa shape index (κ3) is 1.42. The minimum atomic E-state index is 0.184. The molecular weight excluding hydrogens is 240 g/mol. The van der Waals surface area contributed by atoms with Gasteiger partial charge in [-0.15, -0.1) is 0 Å². The first kappa shape index (κ1) is 9.91. The number of halogens is 1. The van der Waals surface area contributed by atoms with Gasteiger partial charge in [0.2, 0.25) is 0 Å². The third-order valence-electron chi connectivity index (χ3n) is 2.95. The molecule has 1 aliphatic carbocycles. The van der Waals surface area contributed by atoms with Gasteiger partial charge in [-0.25, -0.2) is 0 Å². The summed E-state index contributed by atoms with van der Waals surface area (Å²) in [5, 5.41) is 0. The van der Waals surface area contributed by atoms with Crippen LogP contribution in [-0.4, -0.2) is 5.78 Å². The Hall–Kier alpha value is -0.630. The van der Waals surface area contributed by atoms with Gasteiger partial charge in [0.15, 0.2) is 5.78 Å². The quantitative estimate of drug-likeness (QED) is 0.749. The molecule has 0 radical (unpaired) electrons. The van der Waals surface area contributed by atoms with Crippen molar-refractivity contribution in [3.63, 3.8) is 0 Å². The molecule has 14 heavy (non-hydrogen) atoms. The van der Waals surface area contributed by atoms with Crippen LogP contribution in [0, 0.1) is 11.8 Å². The summed E-state index contributed by atoms with van der Waals surface area (Å²) in [6.07, 6.45) is 0.896. The lowest BCUT2D eigenvalue weighted by Gasteiger charge is -2.10. The Kier molecular flexibility index (Phi) is 2.48. The highest BCUT2D eigenvalue weighted by atomic mass is 79.9. The number of hydrogen-bond acceptors (Lipinski definition) is 1. The zero-order valence-electron chi connectivity index (χ0n) is 8.38. The lowest BCUT2D eigenvalue weighted by molar-refractivity contribution is 0.0906. The second-order valence-corrected chi connectivity index (χ2v) is 5.04. The average Bonchev–Trinajstić information content (AvgIpc) is 2.46. The smallest absolute Gasteiger partial charge is 0.166 e. The third-order valence-corrected chi connectivity index (χ3v) is 3.69. The van der Waals surface area contributed by atoms with Gasteiger partial charge in [0, 0.05) is 16.0 Å². The molecule has 1 aromatic rings. The monoisotopic (exact) mass is 252 g/mol. The van der Waals surface area contributed by atoms with Gasteiger partial charge in [-0.3, -0.25) is 4.79 Å². The molecule has 1 nitrogen and oxygen atoms in total. The zero-order chi connectivity index (χ0) is 10.3. The van der Waals surface area contributed by atoms with Crippen molar-refractivity contribution in [1.29, 1.82) is 0 Å². The fourth-order valence-electron chi connectivity index (χ4n) is 2.05. The van der Waals surface area contributed by atoms with Gasteiger partial charge in [0.1, 0.15) is 0 Å². The van der Waals surface area contributed by atoms with Gasteiger partial charge >= 0.3 is 0 Å². The number of hydrogen-bond donors (Lipinski definition) is 0. The van der Waals surface area contributed by atoms with E-state index in [0.717, 1.165) is 16.5 Å². The lowest BCUT2D eigenvalue weighted by Crippen LogP contribution is -2.15. The van der Waals surface area contributed by atoms with E-state index in [4.69, 9.17) is 0 Å². The first-order chi connectivity index (χ1) is 6.61. The molecule has 0 amide bonds. The average molecular weight is 253 g/mol. The minimum Gasteiger partial charge on any atom is -0.294 e. The molecule has 2 heteroatoms. The molecule has 0 saturated heterocycles. The van der Waals surface area contributed by atoms with Gasteiger partial charge in [-0.2, -0.15) is 0 Å². The van der Waals surface area contributed by atoms with Crippen LogP contribution < -0.4 is 0 Å². The van der Waals surface area contributed by atoms with Crippen LogP contribution in [0.1, 0.15) is 29.8 Å². The maximum Gasteiger partial charge on any atom is 0.166 e. The van der Waals surface area contributed by atoms with Crippen LogP contribution in [0.25, 0.3) is 0 Å². The van der Waals surface area contributed by atoms with Crippen molar-refractivity contribution in [2.45, 2.75) is 20.3 Å². The summed E-state index contributed by atoms with van der Waals surface area (Å²) in [7, 11) is 0. The van der Waals surface area contributed by atoms with Gasteiger partial charge in [-0.1, -0.05) is 41.9 Å². The molecule has 1 aliphatic rings. The Morgan fingerprint density at radius 3 is 2.71 bits per heavy atom. The summed E-state index contributed by atoms with van der Waals surface area (Å²) in [5.41, 5.74) is 2.11. The molecule has 1 atom stereocenters. The van der Waals surface area contributed by atoms with Crippen molar-refractivity contribution < 1.29 is 4.79 Å². The first-order valence-corrected chi connectivity index (χ1v) is 5.72. The summed E-state index contributed by atoms with van der Waals surface area (Å²) in [6.45, 7) is 4.23. The number of Topliss-reactive ketones (excluding diaryl/α,β-unsaturated/α-hetero) is 1. The van der Waals surface area contributed by atoms with Crippen molar-refractivity contribution >= 4 is 21.7 Å². The van der Waals surface area contributed by atoms with Gasteiger partial charge < -0.3 is 0 Å². The fourth-order valence-corrected chi connectivity index (χ4v) is 2.58. The molecule has 1 aromatic carbocycles. The molecule has 0 aliphatic heterocycles. The van der Waals surface area contributed by atoms with E-state index < -0.39 is 0 Å². The van der Waals surface area contributed by atoms with Crippen LogP contribution in [0.3, 0.4) is 0 Å². The summed E-state index contributed by atoms with van der Waals surface area (Å²) in [6, 6.07) is 5.88. The summed E-state index contributed by atoms with van der Waals surface area (Å²) in [5.74, 6) is 0.932. The highest BCUT2D eigenvalue weighted by molar-refractivity contribution is 9.10. The number of rotatable bonds is 1. The number of carbonyl (C=O) groups excluding carboxylic acids is 1. The van der Waals surface area contributed by atoms with Crippen LogP contribution in [-0.2, 0) is 6.42 Å². The van der Waals surface area contributed by atoms with E-state index in [1.54, 1.807) is 0 Å². The van der Waals surface area contributed by atoms with Crippen LogP contribution >= 0.6 is 15.9 Å². The van der Waals surface area contributed by atoms with Crippen LogP contribution in [0.2, 0.25) is 0 Å². The molecule has 0 heterocycles. The summed E-state index contributed by atoms with van der Waals surface area (Å²) >= 11 is 3.50. The van der Waals surface area contributed by atoms with Crippen molar-refractivity contribution in [2.24, 2.45) is 11.8 Å². The lowest BCUT2D eigenvalue weighted by atomic mass is 9.92. The molecular formula is C12H13BrO. The van der Waals surface area contributed by atoms with E-state index in [2.05, 4.69) is 29.8 Å². The molecule has 0 aromatic heterocycles. The van der Waals surface area contributed by atoms with Gasteiger partial charge in [0.05, 0.1) is 0 Å². The largest absolute Gasteiger partial charge is 0.294 e. The Labute approximate surface area is 92.6 Å². The predicted octanol–water partition coefficient (Wildman–Crippen LogP) is 3.46. The minimum absolute atomic E-state index is 0.184. The summed E-state index contributed by atoms with van der Waals surface area (Å²) < 4.78 is 1.08. The zero-order valence-corrected chi connectivity index (χ0v) is 9.97. The van der Waals surface area contributed by atoms with Crippen LogP contribution in [0.4, 0.5) is 0 Å². The molecule has 0 bridgehead atoms. The topological polar surface area (TPSA) is 17.1 Å². The Morgan fingerprint density at radius 1 is 1.43 bits per heavy atom. The second kappa shape index (κ2) is 3.50. The van der Waals surface area contributed by atoms with Gasteiger partial charge in [0.25, 0.3) is 0 Å². The number of ketones is 1. The molecule has 0 saturated carbocycles.